The van der Waals surface area contributed by atoms with E-state index in [1.807, 2.05) is 127 Å². The monoisotopic (exact) mass is 735 g/mol. The van der Waals surface area contributed by atoms with Gasteiger partial charge in [0, 0.05) is 50.7 Å². The fraction of sp³-hybridized carbons (Fsp3) is 0. The molecule has 1 aliphatic rings. The summed E-state index contributed by atoms with van der Waals surface area (Å²) in [5, 5.41) is 0. The second-order valence-electron chi connectivity index (χ2n) is 13.7. The van der Waals surface area contributed by atoms with Gasteiger partial charge in [0.1, 0.15) is 0 Å². The van der Waals surface area contributed by atoms with E-state index in [1.54, 1.807) is 6.07 Å². The molecule has 7 heteroatoms. The molecule has 1 aliphatic heterocycles. The predicted octanol–water partition coefficient (Wildman–Crippen LogP) is 12.4. The maximum atomic E-state index is 6.61. The van der Waals surface area contributed by atoms with Crippen molar-refractivity contribution in [3.63, 3.8) is 0 Å². The van der Waals surface area contributed by atoms with Gasteiger partial charge in [0.05, 0.1) is 22.8 Å². The van der Waals surface area contributed by atoms with Gasteiger partial charge in [0.15, 0.2) is 34.6 Å². The number of rotatable bonds is 7. The van der Waals surface area contributed by atoms with Gasteiger partial charge in [0.2, 0.25) is 0 Å². The number of ether oxygens (including phenoxy) is 2. The van der Waals surface area contributed by atoms with E-state index in [1.165, 1.54) is 0 Å². The minimum Gasteiger partial charge on any atom is -0.449 e. The zero-order valence-corrected chi connectivity index (χ0v) is 30.6. The van der Waals surface area contributed by atoms with Crippen molar-refractivity contribution < 1.29 is 9.47 Å². The Kier molecular flexibility index (Phi) is 8.50. The Balaban J connectivity index is 1.22. The smallest absolute Gasteiger partial charge is 0.177 e. The molecular weight excluding hydrogens is 703 g/mol. The first kappa shape index (κ1) is 33.7. The summed E-state index contributed by atoms with van der Waals surface area (Å²) in [4.78, 5) is 20.6. The number of anilines is 1. The van der Waals surface area contributed by atoms with Crippen LogP contribution < -0.4 is 15.2 Å². The van der Waals surface area contributed by atoms with Gasteiger partial charge in [-0.1, -0.05) is 146 Å². The highest BCUT2D eigenvalue weighted by molar-refractivity contribution is 5.91. The van der Waals surface area contributed by atoms with Crippen LogP contribution >= 0.6 is 0 Å². The summed E-state index contributed by atoms with van der Waals surface area (Å²) in [6.45, 7) is 0. The molecule has 0 spiro atoms. The Morgan fingerprint density at radius 1 is 0.316 bits per heavy atom. The first-order valence-corrected chi connectivity index (χ1v) is 18.7. The first-order chi connectivity index (χ1) is 28.1. The molecule has 0 bridgehead atoms. The molecule has 0 saturated carbocycles. The number of nitrogens with two attached hydrogens (primary N) is 1. The Labute approximate surface area is 329 Å². The molecule has 2 N–H and O–H groups in total. The van der Waals surface area contributed by atoms with Crippen LogP contribution in [0, 0.1) is 0 Å². The normalized spacial score (nSPS) is 11.5. The Morgan fingerprint density at radius 3 is 1.44 bits per heavy atom. The highest BCUT2D eigenvalue weighted by Gasteiger charge is 2.25. The summed E-state index contributed by atoms with van der Waals surface area (Å²) in [6, 6.07) is 62.3. The van der Waals surface area contributed by atoms with Crippen molar-refractivity contribution in [2.24, 2.45) is 0 Å². The molecule has 2 aromatic heterocycles. The van der Waals surface area contributed by atoms with Crippen LogP contribution in [0.5, 0.6) is 23.0 Å². The zero-order valence-electron chi connectivity index (χ0n) is 30.6. The van der Waals surface area contributed by atoms with Gasteiger partial charge in [-0.2, -0.15) is 0 Å². The largest absolute Gasteiger partial charge is 0.449 e. The van der Waals surface area contributed by atoms with Crippen LogP contribution in [-0.4, -0.2) is 19.9 Å². The molecule has 270 valence electrons. The number of benzene rings is 7. The van der Waals surface area contributed by atoms with E-state index in [0.29, 0.717) is 40.3 Å². The summed E-state index contributed by atoms with van der Waals surface area (Å²) in [7, 11) is 0. The quantitative estimate of drug-likeness (QED) is 0.163. The van der Waals surface area contributed by atoms with Gasteiger partial charge in [-0.25, -0.2) is 19.9 Å². The van der Waals surface area contributed by atoms with Gasteiger partial charge >= 0.3 is 0 Å². The van der Waals surface area contributed by atoms with Crippen molar-refractivity contribution in [3.8, 4) is 102 Å². The van der Waals surface area contributed by atoms with Crippen LogP contribution in [0.15, 0.2) is 188 Å². The Hall–Kier alpha value is -7.90. The van der Waals surface area contributed by atoms with E-state index < -0.39 is 0 Å². The highest BCUT2D eigenvalue weighted by atomic mass is 16.6. The number of nitrogens with zero attached hydrogens (tertiary/aromatic N) is 4. The number of aromatic nitrogens is 4. The van der Waals surface area contributed by atoms with Crippen LogP contribution in [0.4, 0.5) is 5.69 Å². The molecule has 0 atom stereocenters. The van der Waals surface area contributed by atoms with Crippen molar-refractivity contribution in [1.82, 2.24) is 19.9 Å². The fourth-order valence-corrected chi connectivity index (χ4v) is 7.11. The Morgan fingerprint density at radius 2 is 0.842 bits per heavy atom. The van der Waals surface area contributed by atoms with Crippen LogP contribution in [0.1, 0.15) is 0 Å². The van der Waals surface area contributed by atoms with Crippen molar-refractivity contribution >= 4 is 5.69 Å². The minimum atomic E-state index is 0.568. The summed E-state index contributed by atoms with van der Waals surface area (Å²) < 4.78 is 13.0. The minimum absolute atomic E-state index is 0.568. The standard InChI is InChI=1S/C50H33N5O2/c51-37-25-27-45-47(29-37)56-46-23-13-22-39(48(46)57-45)38-26-24-36(43-30-41(32-14-5-1-6-15-32)52-49(54-43)34-18-9-3-10-19-34)28-40(38)44-31-42(33-16-7-2-8-17-33)53-50(55-44)35-20-11-4-12-21-35/h1-31H,51H2. The number of fused-ring (bicyclic) bond motifs is 2. The van der Waals surface area contributed by atoms with E-state index in [0.717, 1.165) is 67.3 Å². The average molecular weight is 736 g/mol. The number of para-hydroxylation sites is 1. The lowest BCUT2D eigenvalue weighted by Crippen LogP contribution is -2.02. The fourth-order valence-electron chi connectivity index (χ4n) is 7.11. The maximum absolute atomic E-state index is 6.61. The third kappa shape index (κ3) is 6.64. The van der Waals surface area contributed by atoms with Gasteiger partial charge in [-0.15, -0.1) is 0 Å². The van der Waals surface area contributed by atoms with E-state index in [4.69, 9.17) is 35.1 Å². The summed E-state index contributed by atoms with van der Waals surface area (Å²) in [6.07, 6.45) is 0. The third-order valence-electron chi connectivity index (χ3n) is 9.92. The number of hydrogen-bond donors (Lipinski definition) is 1. The molecular formula is C50H33N5O2. The molecule has 0 fully saturated rings. The van der Waals surface area contributed by atoms with Crippen LogP contribution in [0.25, 0.3) is 78.9 Å². The number of hydrogen-bond acceptors (Lipinski definition) is 7. The van der Waals surface area contributed by atoms with Gasteiger partial charge in [-0.3, -0.25) is 0 Å². The summed E-state index contributed by atoms with van der Waals surface area (Å²) in [5.41, 5.74) is 17.2. The van der Waals surface area contributed by atoms with Crippen molar-refractivity contribution in [2.75, 3.05) is 5.73 Å². The lowest BCUT2D eigenvalue weighted by atomic mass is 9.92. The van der Waals surface area contributed by atoms with E-state index in [-0.39, 0.29) is 0 Å². The van der Waals surface area contributed by atoms with Gasteiger partial charge < -0.3 is 15.2 Å². The van der Waals surface area contributed by atoms with Gasteiger partial charge in [0.25, 0.3) is 0 Å². The maximum Gasteiger partial charge on any atom is 0.177 e. The highest BCUT2D eigenvalue weighted by Crippen LogP contribution is 2.51. The topological polar surface area (TPSA) is 96.0 Å². The van der Waals surface area contributed by atoms with Crippen molar-refractivity contribution in [2.45, 2.75) is 0 Å². The lowest BCUT2D eigenvalue weighted by molar-refractivity contribution is 0.361. The molecule has 3 heterocycles. The van der Waals surface area contributed by atoms with Crippen molar-refractivity contribution in [1.29, 1.82) is 0 Å². The summed E-state index contributed by atoms with van der Waals surface area (Å²) >= 11 is 0. The molecule has 10 rings (SSSR count). The molecule has 7 aromatic carbocycles. The van der Waals surface area contributed by atoms with Crippen LogP contribution in [0.2, 0.25) is 0 Å². The van der Waals surface area contributed by atoms with Gasteiger partial charge in [-0.05, 0) is 42.0 Å². The van der Waals surface area contributed by atoms with Crippen LogP contribution in [0.3, 0.4) is 0 Å². The molecule has 57 heavy (non-hydrogen) atoms. The second kappa shape index (κ2) is 14.4. The Bertz CT molecular complexity index is 2790. The van der Waals surface area contributed by atoms with Crippen molar-refractivity contribution in [3.05, 3.63) is 188 Å². The molecule has 0 saturated heterocycles. The van der Waals surface area contributed by atoms with E-state index in [2.05, 4.69) is 54.6 Å². The summed E-state index contributed by atoms with van der Waals surface area (Å²) in [5.74, 6) is 3.60. The SMILES string of the molecule is Nc1ccc2c(c1)Oc1cccc(-c3ccc(-c4cc(-c5ccccc5)nc(-c5ccccc5)n4)cc3-c3cc(-c4ccccc4)nc(-c4ccccc4)n3)c1O2. The number of nitrogen functional groups attached to an aromatic ring is 1. The lowest BCUT2D eigenvalue weighted by Gasteiger charge is -2.24. The average Bonchev–Trinajstić information content (AvgIpc) is 3.29. The molecule has 0 unspecified atom stereocenters. The second-order valence-corrected chi connectivity index (χ2v) is 13.7. The van der Waals surface area contributed by atoms with Crippen LogP contribution in [-0.2, 0) is 0 Å². The predicted molar refractivity (Wildman–Crippen MR) is 227 cm³/mol. The molecule has 0 amide bonds. The first-order valence-electron chi connectivity index (χ1n) is 18.7. The molecule has 0 aliphatic carbocycles. The van der Waals surface area contributed by atoms with E-state index >= 15 is 0 Å². The molecule has 0 radical (unpaired) electrons. The zero-order chi connectivity index (χ0) is 38.1. The van der Waals surface area contributed by atoms with E-state index in [9.17, 15) is 0 Å². The molecule has 9 aromatic rings. The molecule has 7 nitrogen and oxygen atoms in total. The third-order valence-corrected chi connectivity index (χ3v) is 9.92.